The Hall–Kier alpha value is -19.1. The topological polar surface area (TPSA) is 81.8 Å². The number of nitrogens with zero attached hydrogens (tertiary/aromatic N) is 13. The van der Waals surface area contributed by atoms with Crippen molar-refractivity contribution < 1.29 is 0 Å². The molecule has 0 saturated heterocycles. The zero-order valence-electron chi connectivity index (χ0n) is 80.7. The number of hydrogen-bond acceptors (Lipinski definition) is 1. The fourth-order valence-corrected chi connectivity index (χ4v) is 23.6. The predicted molar refractivity (Wildman–Crippen MR) is 605 cm³/mol. The Bertz CT molecular complexity index is 10800. The minimum Gasteiger partial charge on any atom is -0.344 e. The summed E-state index contributed by atoms with van der Waals surface area (Å²) in [6.45, 7) is 21.9. The first kappa shape index (κ1) is 85.3. The van der Waals surface area contributed by atoms with Crippen LogP contribution in [0.15, 0.2) is 419 Å². The molecule has 13 heteroatoms. The van der Waals surface area contributed by atoms with Gasteiger partial charge >= 0.3 is 0 Å². The summed E-state index contributed by atoms with van der Waals surface area (Å²) in [6.07, 6.45) is 0. The Kier molecular flexibility index (Phi) is 19.9. The first-order valence-electron chi connectivity index (χ1n) is 48.8. The van der Waals surface area contributed by atoms with Crippen molar-refractivity contribution in [2.75, 3.05) is 0 Å². The lowest BCUT2D eigenvalue weighted by atomic mass is 10.1. The number of para-hydroxylation sites is 12. The largest absolute Gasteiger partial charge is 0.344 e. The number of nitriles is 1. The third-order valence-electron chi connectivity index (χ3n) is 30.2. The van der Waals surface area contributed by atoms with Gasteiger partial charge in [0.25, 0.3) is 0 Å². The fourth-order valence-electron chi connectivity index (χ4n) is 23.6. The Morgan fingerprint density at radius 2 is 0.458 bits per heavy atom. The summed E-state index contributed by atoms with van der Waals surface area (Å²) in [4.78, 5) is 7.63. The Morgan fingerprint density at radius 1 is 0.194 bits per heavy atom. The van der Waals surface area contributed by atoms with Gasteiger partial charge in [-0.1, -0.05) is 248 Å². The van der Waals surface area contributed by atoms with Crippen LogP contribution in [-0.4, -0.2) is 45.7 Å². The highest BCUT2D eigenvalue weighted by Crippen LogP contribution is 2.46. The van der Waals surface area contributed by atoms with E-state index in [4.69, 9.17) is 13.1 Å². The van der Waals surface area contributed by atoms with Gasteiger partial charge < -0.3 is 45.7 Å². The quantitative estimate of drug-likeness (QED) is 0.158. The molecule has 0 aliphatic carbocycles. The van der Waals surface area contributed by atoms with Crippen LogP contribution in [0.25, 0.3) is 256 Å². The molecule has 30 rings (SSSR count). The highest BCUT2D eigenvalue weighted by molar-refractivity contribution is 6.21. The van der Waals surface area contributed by atoms with Gasteiger partial charge in [0.2, 0.25) is 5.69 Å². The van der Waals surface area contributed by atoms with E-state index in [1.54, 1.807) is 0 Å². The molecule has 0 aliphatic heterocycles. The van der Waals surface area contributed by atoms with E-state index in [1.807, 2.05) is 42.5 Å². The van der Waals surface area contributed by atoms with Crippen LogP contribution in [-0.2, 0) is 35.2 Å². The van der Waals surface area contributed by atoms with E-state index in [1.165, 1.54) is 192 Å². The van der Waals surface area contributed by atoms with Gasteiger partial charge in [0, 0.05) is 221 Å². The molecule has 0 atom stereocenters. The molecule has 144 heavy (non-hydrogen) atoms. The van der Waals surface area contributed by atoms with Gasteiger partial charge in [-0.3, -0.25) is 0 Å². The fraction of sp³-hybridized carbons (Fsp3) is 0.0611. The average Bonchev–Trinajstić information content (AvgIpc) is 1.56. The molecule has 0 amide bonds. The molecule has 0 aliphatic rings. The zero-order chi connectivity index (χ0) is 97.1. The Morgan fingerprint density at radius 3 is 0.896 bits per heavy atom. The van der Waals surface area contributed by atoms with Crippen molar-refractivity contribution in [1.29, 1.82) is 5.26 Å². The van der Waals surface area contributed by atoms with Crippen molar-refractivity contribution >= 4 is 229 Å². The molecule has 0 saturated carbocycles. The lowest BCUT2D eigenvalue weighted by Gasteiger charge is -2.11. The highest BCUT2D eigenvalue weighted by Gasteiger charge is 2.25. The van der Waals surface area contributed by atoms with Crippen molar-refractivity contribution in [2.24, 2.45) is 35.2 Å². The summed E-state index contributed by atoms with van der Waals surface area (Å²) in [6, 6.07) is 151. The third kappa shape index (κ3) is 13.1. The molecule has 0 radical (unpaired) electrons. The average molecular weight is 1850 g/mol. The molecule has 0 unspecified atom stereocenters. The number of benzene rings is 20. The maximum atomic E-state index is 9.78. The van der Waals surface area contributed by atoms with Crippen LogP contribution >= 0.6 is 0 Å². The first-order valence-corrected chi connectivity index (χ1v) is 48.8. The number of fused-ring (bicyclic) bond motifs is 30. The van der Waals surface area contributed by atoms with E-state index < -0.39 is 0 Å². The second kappa shape index (κ2) is 33.6. The van der Waals surface area contributed by atoms with Gasteiger partial charge in [-0.15, -0.1) is 0 Å². The maximum absolute atomic E-state index is 9.78. The van der Waals surface area contributed by atoms with Gasteiger partial charge in [-0.05, 0) is 219 Å². The van der Waals surface area contributed by atoms with E-state index in [9.17, 15) is 5.26 Å². The van der Waals surface area contributed by atoms with E-state index in [0.29, 0.717) is 16.9 Å². The van der Waals surface area contributed by atoms with Gasteiger partial charge in [-0.25, -0.2) is 9.69 Å². The van der Waals surface area contributed by atoms with Crippen LogP contribution in [0, 0.1) is 45.2 Å². The molecule has 0 spiro atoms. The molecule has 30 aromatic rings. The van der Waals surface area contributed by atoms with E-state index >= 15 is 0 Å². The van der Waals surface area contributed by atoms with Gasteiger partial charge in [0.05, 0.1) is 68.4 Å². The van der Waals surface area contributed by atoms with Crippen molar-refractivity contribution in [3.63, 3.8) is 0 Å². The zero-order valence-corrected chi connectivity index (χ0v) is 80.7. The number of rotatable bonds is 5. The lowest BCUT2D eigenvalue weighted by molar-refractivity contribution is 1.01. The van der Waals surface area contributed by atoms with Crippen molar-refractivity contribution in [3.05, 3.63) is 464 Å². The van der Waals surface area contributed by atoms with Crippen LogP contribution in [0.3, 0.4) is 0 Å². The standard InChI is InChI=1S/C27H19N3.2C26H17N3.2C26H20N2/c1-17-8-6-10-20-21-11-7-12-23(28-2)27(21)30(26(17)20)18-14-15-25-22(16-18)19-9-4-5-13-24(19)29(25)3;1-27-21-10-7-13-25-26(21)19-9-4-6-12-24(19)29(25)17-14-15-23-20(16-17)18-8-3-5-11-22(18)28(23)2;1-28-23-11-4-2-9-20(23)22-15-18(13-14-24(22)28)29-25-12-5-3-8-19(25)21-10-6-7-17(16-27)26(21)29;1-17-11-13-21-19-7-4-6-10-25(19)28(26(21)15-17)18-12-14-24-22(16-18)20-8-3-5-9-23(20)27(24)2;1-17-11-13-26-21(15-17)20-8-4-6-10-25(20)28(26)18-12-14-24-22(16-18)19-7-3-5-9-23(19)27(24)2/h4-16H,1,3H3;3-16H,2H3;2-15H,1H3;2*3-16H,1-2H3. The van der Waals surface area contributed by atoms with Crippen LogP contribution in [0.2, 0.25) is 0 Å². The predicted octanol–water partition coefficient (Wildman–Crippen LogP) is 34.0. The molecule has 10 heterocycles. The van der Waals surface area contributed by atoms with E-state index in [0.717, 1.165) is 71.6 Å². The monoisotopic (exact) mass is 1850 g/mol. The molecular weight excluding hydrogens is 1760 g/mol. The first-order chi connectivity index (χ1) is 70.7. The molecule has 682 valence electrons. The lowest BCUT2D eigenvalue weighted by Crippen LogP contribution is -1.96. The van der Waals surface area contributed by atoms with E-state index in [-0.39, 0.29) is 0 Å². The smallest absolute Gasteiger partial charge is 0.211 e. The Labute approximate surface area is 828 Å². The van der Waals surface area contributed by atoms with Gasteiger partial charge in [0.1, 0.15) is 6.07 Å². The third-order valence-corrected chi connectivity index (χ3v) is 30.2. The van der Waals surface area contributed by atoms with Crippen LogP contribution in [0.1, 0.15) is 22.3 Å². The number of aromatic nitrogens is 10. The van der Waals surface area contributed by atoms with Crippen LogP contribution in [0.5, 0.6) is 0 Å². The summed E-state index contributed by atoms with van der Waals surface area (Å²) in [5, 5.41) is 34.4. The second-order valence-corrected chi connectivity index (χ2v) is 38.0. The molecule has 10 aromatic heterocycles. The maximum Gasteiger partial charge on any atom is 0.211 e. The SMILES string of the molecule is Cc1ccc2c(c1)c1ccccc1n2-c1ccc2c(c1)c1ccccc1n2C.Cc1ccc2c3ccccc3n(-c3ccc4c(c3)c3ccccc3n4C)c2c1.Cn1c2ccccc2c2cc(-n3c4ccccc4c4cccc(C#N)c43)ccc21.[C-]#[N+]c1cccc2c1c1ccccc1n2-c1ccc2c(c1)c1ccccc1n2C.[C-]#[N+]c1cccc2c3cccc(C)c3n(-c3ccc4c(c3)c3ccccc3n4C)c12. The molecule has 13 nitrogen and oxygen atoms in total. The van der Waals surface area contributed by atoms with Gasteiger partial charge in [0.15, 0.2) is 5.69 Å². The van der Waals surface area contributed by atoms with Crippen molar-refractivity contribution in [1.82, 2.24) is 45.7 Å². The summed E-state index contributed by atoms with van der Waals surface area (Å²) in [7, 11) is 10.6. The van der Waals surface area contributed by atoms with Crippen LogP contribution in [0.4, 0.5) is 11.4 Å². The van der Waals surface area contributed by atoms with Gasteiger partial charge in [-0.2, -0.15) is 5.26 Å². The second-order valence-electron chi connectivity index (χ2n) is 38.0. The molecule has 20 aromatic carbocycles. The Balaban J connectivity index is 0.0000000918. The molecular formula is C131H93N13. The molecule has 0 bridgehead atoms. The van der Waals surface area contributed by atoms with Crippen LogP contribution < -0.4 is 0 Å². The normalized spacial score (nSPS) is 11.7. The number of hydrogen-bond donors (Lipinski definition) is 0. The highest BCUT2D eigenvalue weighted by atomic mass is 15.0. The summed E-state index contributed by atoms with van der Waals surface area (Å²) in [5.74, 6) is 0. The number of aryl methyl sites for hydroxylation is 8. The van der Waals surface area contributed by atoms with E-state index in [2.05, 4.69) is 494 Å². The minimum absolute atomic E-state index is 0.682. The summed E-state index contributed by atoms with van der Waals surface area (Å²) < 4.78 is 22.9. The molecule has 0 fully saturated rings. The molecule has 0 N–H and O–H groups in total. The minimum atomic E-state index is 0.682. The summed E-state index contributed by atoms with van der Waals surface area (Å²) in [5.41, 5.74) is 35.4. The van der Waals surface area contributed by atoms with Crippen molar-refractivity contribution in [2.45, 2.75) is 20.8 Å². The van der Waals surface area contributed by atoms with Crippen molar-refractivity contribution in [3.8, 4) is 34.5 Å². The summed E-state index contributed by atoms with van der Waals surface area (Å²) >= 11 is 0.